The molecule has 1 heterocycles. The highest BCUT2D eigenvalue weighted by molar-refractivity contribution is 5.96. The molecule has 0 atom stereocenters. The van der Waals surface area contributed by atoms with E-state index in [1.165, 1.54) is 29.3 Å². The molecule has 0 aliphatic heterocycles. The number of likely N-dealkylation sites (N-methyl/N-ethyl adjacent to an activating group) is 1. The molecule has 0 aliphatic rings. The second kappa shape index (κ2) is 8.05. The van der Waals surface area contributed by atoms with E-state index in [0.717, 1.165) is 5.56 Å². The molecule has 2 rings (SSSR count). The molecule has 2 amide bonds. The van der Waals surface area contributed by atoms with E-state index in [2.05, 4.69) is 10.3 Å². The molecule has 0 radical (unpaired) electrons. The average Bonchev–Trinajstić information content (AvgIpc) is 2.59. The molecule has 0 saturated carbocycles. The molecular formula is C17H18FN3O3. The van der Waals surface area contributed by atoms with Crippen LogP contribution in [0.4, 0.5) is 4.39 Å². The molecule has 2 N–H and O–H groups in total. The van der Waals surface area contributed by atoms with E-state index in [4.69, 9.17) is 0 Å². The van der Waals surface area contributed by atoms with Crippen LogP contribution in [0.1, 0.15) is 22.8 Å². The van der Waals surface area contributed by atoms with Gasteiger partial charge in [0.2, 0.25) is 5.91 Å². The fraction of sp³-hybridized carbons (Fsp3) is 0.235. The van der Waals surface area contributed by atoms with E-state index < -0.39 is 11.5 Å². The Balaban J connectivity index is 1.95. The summed E-state index contributed by atoms with van der Waals surface area (Å²) in [6, 6.07) is 8.73. The molecule has 0 saturated heterocycles. The van der Waals surface area contributed by atoms with Gasteiger partial charge < -0.3 is 15.2 Å². The first-order valence-electron chi connectivity index (χ1n) is 7.49. The Morgan fingerprint density at radius 3 is 2.54 bits per heavy atom. The number of aromatic amines is 1. The quantitative estimate of drug-likeness (QED) is 0.837. The number of aromatic nitrogens is 1. The molecule has 1 aromatic heterocycles. The molecule has 7 heteroatoms. The van der Waals surface area contributed by atoms with Gasteiger partial charge in [0.05, 0.1) is 6.54 Å². The highest BCUT2D eigenvalue weighted by atomic mass is 19.1. The number of benzene rings is 1. The summed E-state index contributed by atoms with van der Waals surface area (Å²) in [6.45, 7) is 2.08. The second-order valence-electron chi connectivity index (χ2n) is 5.14. The predicted molar refractivity (Wildman–Crippen MR) is 86.9 cm³/mol. The zero-order chi connectivity index (χ0) is 17.5. The monoisotopic (exact) mass is 331 g/mol. The van der Waals surface area contributed by atoms with Crippen molar-refractivity contribution in [2.24, 2.45) is 0 Å². The number of amides is 2. The van der Waals surface area contributed by atoms with Crippen LogP contribution in [-0.4, -0.2) is 34.8 Å². The number of halogens is 1. The van der Waals surface area contributed by atoms with Gasteiger partial charge in [0.1, 0.15) is 11.4 Å². The lowest BCUT2D eigenvalue weighted by Gasteiger charge is -2.20. The van der Waals surface area contributed by atoms with E-state index in [-0.39, 0.29) is 36.9 Å². The van der Waals surface area contributed by atoms with Gasteiger partial charge in [0.25, 0.3) is 11.5 Å². The van der Waals surface area contributed by atoms with Crippen molar-refractivity contribution in [2.45, 2.75) is 13.5 Å². The molecule has 126 valence electrons. The van der Waals surface area contributed by atoms with Gasteiger partial charge in [-0.2, -0.15) is 0 Å². The van der Waals surface area contributed by atoms with Gasteiger partial charge in [-0.3, -0.25) is 14.4 Å². The smallest absolute Gasteiger partial charge is 0.260 e. The van der Waals surface area contributed by atoms with Crippen LogP contribution in [0.25, 0.3) is 0 Å². The largest absolute Gasteiger partial charge is 0.350 e. The van der Waals surface area contributed by atoms with Crippen molar-refractivity contribution >= 4 is 11.8 Å². The number of hydrogen-bond donors (Lipinski definition) is 2. The topological polar surface area (TPSA) is 82.3 Å². The zero-order valence-electron chi connectivity index (χ0n) is 13.2. The van der Waals surface area contributed by atoms with E-state index in [9.17, 15) is 18.8 Å². The third-order valence-corrected chi connectivity index (χ3v) is 3.45. The number of nitrogens with one attached hydrogen (secondary N) is 2. The number of nitrogens with zero attached hydrogens (tertiary/aromatic N) is 1. The SMILES string of the molecule is CCN(CC(=O)NCc1ccc(F)cc1)C(=O)c1ccc[nH]c1=O. The molecule has 1 aromatic carbocycles. The van der Waals surface area contributed by atoms with Crippen LogP contribution in [0.5, 0.6) is 0 Å². The van der Waals surface area contributed by atoms with E-state index >= 15 is 0 Å². The van der Waals surface area contributed by atoms with Crippen molar-refractivity contribution in [3.63, 3.8) is 0 Å². The summed E-state index contributed by atoms with van der Waals surface area (Å²) in [5, 5.41) is 2.66. The van der Waals surface area contributed by atoms with Crippen LogP contribution in [0, 0.1) is 5.82 Å². The summed E-state index contributed by atoms with van der Waals surface area (Å²) < 4.78 is 12.8. The Hall–Kier alpha value is -2.96. The number of pyridine rings is 1. The lowest BCUT2D eigenvalue weighted by Crippen LogP contribution is -2.42. The molecule has 0 spiro atoms. The highest BCUT2D eigenvalue weighted by Crippen LogP contribution is 2.03. The highest BCUT2D eigenvalue weighted by Gasteiger charge is 2.19. The van der Waals surface area contributed by atoms with Crippen LogP contribution in [0.3, 0.4) is 0 Å². The van der Waals surface area contributed by atoms with Crippen molar-refractivity contribution in [1.82, 2.24) is 15.2 Å². The second-order valence-corrected chi connectivity index (χ2v) is 5.14. The lowest BCUT2D eigenvalue weighted by atomic mass is 10.2. The van der Waals surface area contributed by atoms with Crippen LogP contribution in [-0.2, 0) is 11.3 Å². The fourth-order valence-corrected chi connectivity index (χ4v) is 2.12. The minimum Gasteiger partial charge on any atom is -0.350 e. The van der Waals surface area contributed by atoms with Crippen molar-refractivity contribution in [3.8, 4) is 0 Å². The molecule has 0 fully saturated rings. The fourth-order valence-electron chi connectivity index (χ4n) is 2.12. The molecule has 24 heavy (non-hydrogen) atoms. The van der Waals surface area contributed by atoms with Crippen molar-refractivity contribution < 1.29 is 14.0 Å². The normalized spacial score (nSPS) is 10.2. The summed E-state index contributed by atoms with van der Waals surface area (Å²) in [6.07, 6.45) is 1.44. The third-order valence-electron chi connectivity index (χ3n) is 3.45. The standard InChI is InChI=1S/C17H18FN3O3/c1-2-21(17(24)14-4-3-9-19-16(14)23)11-15(22)20-10-12-5-7-13(18)8-6-12/h3-9H,2,10-11H2,1H3,(H,19,23)(H,20,22). The number of hydrogen-bond acceptors (Lipinski definition) is 3. The number of rotatable bonds is 6. The van der Waals surface area contributed by atoms with Crippen molar-refractivity contribution in [3.05, 3.63) is 69.9 Å². The van der Waals surface area contributed by atoms with Crippen LogP contribution < -0.4 is 10.9 Å². The van der Waals surface area contributed by atoms with Crippen LogP contribution in [0.15, 0.2) is 47.4 Å². The third kappa shape index (κ3) is 4.52. The Kier molecular flexibility index (Phi) is 5.83. The van der Waals surface area contributed by atoms with Gasteiger partial charge in [0, 0.05) is 19.3 Å². The lowest BCUT2D eigenvalue weighted by molar-refractivity contribution is -0.121. The summed E-state index contributed by atoms with van der Waals surface area (Å²) in [7, 11) is 0. The molecule has 0 unspecified atom stereocenters. The summed E-state index contributed by atoms with van der Waals surface area (Å²) in [5.41, 5.74) is 0.247. The molecule has 0 aliphatic carbocycles. The zero-order valence-corrected chi connectivity index (χ0v) is 13.2. The first-order chi connectivity index (χ1) is 11.5. The minimum atomic E-state index is -0.503. The summed E-state index contributed by atoms with van der Waals surface area (Å²) >= 11 is 0. The number of carbonyl (C=O) groups excluding carboxylic acids is 2. The average molecular weight is 331 g/mol. The maximum Gasteiger partial charge on any atom is 0.260 e. The number of H-pyrrole nitrogens is 1. The first-order valence-corrected chi connectivity index (χ1v) is 7.49. The number of carbonyl (C=O) groups is 2. The van der Waals surface area contributed by atoms with Gasteiger partial charge >= 0.3 is 0 Å². The molecule has 6 nitrogen and oxygen atoms in total. The summed E-state index contributed by atoms with van der Waals surface area (Å²) in [4.78, 5) is 39.7. The van der Waals surface area contributed by atoms with Crippen LogP contribution >= 0.6 is 0 Å². The van der Waals surface area contributed by atoms with Gasteiger partial charge in [-0.1, -0.05) is 12.1 Å². The molecule has 0 bridgehead atoms. The van der Waals surface area contributed by atoms with E-state index in [1.54, 1.807) is 25.1 Å². The van der Waals surface area contributed by atoms with E-state index in [0.29, 0.717) is 0 Å². The maximum absolute atomic E-state index is 12.8. The van der Waals surface area contributed by atoms with Gasteiger partial charge in [-0.05, 0) is 36.8 Å². The van der Waals surface area contributed by atoms with Gasteiger partial charge in [-0.15, -0.1) is 0 Å². The minimum absolute atomic E-state index is 0.00863. The van der Waals surface area contributed by atoms with E-state index in [1.807, 2.05) is 0 Å². The van der Waals surface area contributed by atoms with Crippen LogP contribution in [0.2, 0.25) is 0 Å². The van der Waals surface area contributed by atoms with Gasteiger partial charge in [-0.25, -0.2) is 4.39 Å². The Morgan fingerprint density at radius 2 is 1.92 bits per heavy atom. The van der Waals surface area contributed by atoms with Crippen molar-refractivity contribution in [1.29, 1.82) is 0 Å². The Labute approximate surface area is 138 Å². The Bertz CT molecular complexity index is 771. The van der Waals surface area contributed by atoms with Crippen molar-refractivity contribution in [2.75, 3.05) is 13.1 Å². The maximum atomic E-state index is 12.8. The predicted octanol–water partition coefficient (Wildman–Crippen LogP) is 1.29. The van der Waals surface area contributed by atoms with Gasteiger partial charge in [0.15, 0.2) is 0 Å². The molecule has 2 aromatic rings. The first kappa shape index (κ1) is 17.4. The molecular weight excluding hydrogens is 313 g/mol. The Morgan fingerprint density at radius 1 is 1.21 bits per heavy atom. The summed E-state index contributed by atoms with van der Waals surface area (Å²) in [5.74, 6) is -1.21.